The van der Waals surface area contributed by atoms with E-state index >= 15 is 0 Å². The van der Waals surface area contributed by atoms with Gasteiger partial charge in [-0.1, -0.05) is 72.8 Å². The third-order valence-electron chi connectivity index (χ3n) is 5.77. The van der Waals surface area contributed by atoms with E-state index in [0.717, 1.165) is 22.8 Å². The third-order valence-corrected chi connectivity index (χ3v) is 5.77. The molecule has 0 saturated heterocycles. The van der Waals surface area contributed by atoms with Gasteiger partial charge in [0.25, 0.3) is 0 Å². The SMILES string of the molecule is O.O.O=C([O-])c1ccccc1-c1ccccc1C(=O)[O-].[Co+2].c1ccc(-c2ccccn2)nc1.c1ccc(-c2ccccn2)nc1. The molecule has 0 fully saturated rings. The van der Waals surface area contributed by atoms with E-state index in [2.05, 4.69) is 19.9 Å². The second-order valence-electron chi connectivity index (χ2n) is 8.53. The standard InChI is InChI=1S/C14H10O4.2C10H8N2.Co.2H2O/c15-13(16)11-7-3-1-5-9(11)10-6-2-4-8-12(10)14(17)18;2*1-3-7-11-9(5-1)10-6-2-4-8-12-10;;;/h1-8H,(H,15,16)(H,17,18);2*1-8H;;2*1H2/q;;;+2;;/p-2. The van der Waals surface area contributed by atoms with Crippen molar-refractivity contribution in [2.45, 2.75) is 0 Å². The molecule has 11 heteroatoms. The predicted molar refractivity (Wildman–Crippen MR) is 163 cm³/mol. The van der Waals surface area contributed by atoms with Gasteiger partial charge < -0.3 is 30.8 Å². The Morgan fingerprint density at radius 1 is 0.400 bits per heavy atom. The molecule has 0 atom stereocenters. The molecule has 2 aromatic carbocycles. The maximum absolute atomic E-state index is 11.0. The molecule has 0 saturated carbocycles. The average molecular weight is 648 g/mol. The topological polar surface area (TPSA) is 195 Å². The van der Waals surface area contributed by atoms with E-state index < -0.39 is 11.9 Å². The molecule has 0 spiro atoms. The van der Waals surface area contributed by atoms with E-state index in [1.165, 1.54) is 24.3 Å². The molecule has 0 bridgehead atoms. The van der Waals surface area contributed by atoms with Gasteiger partial charge in [0.1, 0.15) is 0 Å². The van der Waals surface area contributed by atoms with Crippen LogP contribution in [-0.2, 0) is 16.8 Å². The van der Waals surface area contributed by atoms with Gasteiger partial charge in [-0.05, 0) is 59.7 Å². The fourth-order valence-electron chi connectivity index (χ4n) is 3.85. The molecule has 0 aliphatic carbocycles. The number of nitrogens with zero attached hydrogens (tertiary/aromatic N) is 4. The summed E-state index contributed by atoms with van der Waals surface area (Å²) in [5, 5.41) is 22.0. The van der Waals surface area contributed by atoms with Gasteiger partial charge in [0.15, 0.2) is 0 Å². The molecule has 10 nitrogen and oxygen atoms in total. The third kappa shape index (κ3) is 10.9. The number of rotatable bonds is 5. The molecule has 0 amide bonds. The van der Waals surface area contributed by atoms with Crippen LogP contribution in [0.25, 0.3) is 33.9 Å². The summed E-state index contributed by atoms with van der Waals surface area (Å²) in [4.78, 5) is 38.8. The van der Waals surface area contributed by atoms with Gasteiger partial charge in [-0.15, -0.1) is 0 Å². The number of carbonyl (C=O) groups excluding carboxylic acids is 2. The van der Waals surface area contributed by atoms with Gasteiger partial charge in [-0.3, -0.25) is 19.9 Å². The summed E-state index contributed by atoms with van der Waals surface area (Å²) < 4.78 is 0. The van der Waals surface area contributed by atoms with Crippen LogP contribution in [0.4, 0.5) is 0 Å². The van der Waals surface area contributed by atoms with Crippen LogP contribution >= 0.6 is 0 Å². The fraction of sp³-hybridized carbons (Fsp3) is 0. The molecule has 0 aliphatic heterocycles. The van der Waals surface area contributed by atoms with Crippen molar-refractivity contribution in [2.75, 3.05) is 0 Å². The molecule has 6 rings (SSSR count). The van der Waals surface area contributed by atoms with Gasteiger partial charge in [-0.2, -0.15) is 0 Å². The van der Waals surface area contributed by atoms with Crippen molar-refractivity contribution in [3.63, 3.8) is 0 Å². The summed E-state index contributed by atoms with van der Waals surface area (Å²) in [7, 11) is 0. The summed E-state index contributed by atoms with van der Waals surface area (Å²) in [6, 6.07) is 35.4. The number of aromatic carboxylic acids is 2. The van der Waals surface area contributed by atoms with Crippen LogP contribution < -0.4 is 10.2 Å². The monoisotopic (exact) mass is 647 g/mol. The van der Waals surface area contributed by atoms with Crippen molar-refractivity contribution in [3.8, 4) is 33.9 Å². The number of carboxylic acids is 2. The minimum Gasteiger partial charge on any atom is -0.545 e. The molecule has 4 aromatic heterocycles. The Kier molecular flexibility index (Phi) is 16.3. The molecule has 45 heavy (non-hydrogen) atoms. The predicted octanol–water partition coefficient (Wildman–Crippen LogP) is 2.72. The summed E-state index contributed by atoms with van der Waals surface area (Å²) in [5.74, 6) is -2.70. The summed E-state index contributed by atoms with van der Waals surface area (Å²) in [6.45, 7) is 0. The second kappa shape index (κ2) is 19.6. The molecule has 6 aromatic rings. The van der Waals surface area contributed by atoms with Crippen molar-refractivity contribution in [3.05, 3.63) is 157 Å². The van der Waals surface area contributed by atoms with Crippen LogP contribution in [0.1, 0.15) is 20.7 Å². The van der Waals surface area contributed by atoms with E-state index in [1.807, 2.05) is 72.8 Å². The van der Waals surface area contributed by atoms with Crippen molar-refractivity contribution in [2.24, 2.45) is 0 Å². The molecular formula is C34H28CoN4O6. The maximum Gasteiger partial charge on any atom is 2.00 e. The minimum absolute atomic E-state index is 0. The largest absolute Gasteiger partial charge is 2.00 e. The van der Waals surface area contributed by atoms with Crippen molar-refractivity contribution < 1.29 is 47.5 Å². The van der Waals surface area contributed by atoms with Crippen LogP contribution in [-0.4, -0.2) is 42.8 Å². The molecule has 0 aliphatic rings. The zero-order valence-electron chi connectivity index (χ0n) is 23.6. The number of carboxylic acid groups (broad SMARTS) is 2. The Hall–Kier alpha value is -5.59. The second-order valence-corrected chi connectivity index (χ2v) is 8.53. The van der Waals surface area contributed by atoms with Gasteiger partial charge in [0.05, 0.1) is 34.7 Å². The number of hydrogen-bond donors (Lipinski definition) is 0. The fourth-order valence-corrected chi connectivity index (χ4v) is 3.85. The van der Waals surface area contributed by atoms with E-state index in [-0.39, 0.29) is 38.9 Å². The van der Waals surface area contributed by atoms with Gasteiger partial charge in [-0.25, -0.2) is 0 Å². The maximum atomic E-state index is 11.0. The first-order valence-corrected chi connectivity index (χ1v) is 12.8. The number of hydrogen-bond acceptors (Lipinski definition) is 8. The zero-order valence-corrected chi connectivity index (χ0v) is 24.7. The molecular weight excluding hydrogens is 619 g/mol. The minimum atomic E-state index is -1.35. The smallest absolute Gasteiger partial charge is 0.545 e. The zero-order chi connectivity index (χ0) is 29.6. The molecule has 4 heterocycles. The molecule has 229 valence electrons. The number of aromatic nitrogens is 4. The van der Waals surface area contributed by atoms with Crippen LogP contribution in [0.2, 0.25) is 0 Å². The first-order valence-electron chi connectivity index (χ1n) is 12.8. The number of carbonyl (C=O) groups is 2. The Morgan fingerprint density at radius 3 is 0.867 bits per heavy atom. The summed E-state index contributed by atoms with van der Waals surface area (Å²) in [6.07, 6.45) is 7.07. The van der Waals surface area contributed by atoms with E-state index in [4.69, 9.17) is 0 Å². The molecule has 4 N–H and O–H groups in total. The van der Waals surface area contributed by atoms with Gasteiger partial charge >= 0.3 is 16.8 Å². The Labute approximate surface area is 270 Å². The van der Waals surface area contributed by atoms with Crippen molar-refractivity contribution >= 4 is 11.9 Å². The van der Waals surface area contributed by atoms with E-state index in [0.29, 0.717) is 11.1 Å². The van der Waals surface area contributed by atoms with Crippen LogP contribution in [0.5, 0.6) is 0 Å². The van der Waals surface area contributed by atoms with Gasteiger partial charge in [0, 0.05) is 35.9 Å². The van der Waals surface area contributed by atoms with Crippen molar-refractivity contribution in [1.82, 2.24) is 19.9 Å². The summed E-state index contributed by atoms with van der Waals surface area (Å²) >= 11 is 0. The summed E-state index contributed by atoms with van der Waals surface area (Å²) in [5.41, 5.74) is 4.17. The Morgan fingerprint density at radius 2 is 0.644 bits per heavy atom. The normalized spacial score (nSPS) is 9.16. The number of benzene rings is 2. The van der Waals surface area contributed by atoms with Crippen LogP contribution in [0, 0.1) is 0 Å². The molecule has 1 radical (unpaired) electrons. The van der Waals surface area contributed by atoms with E-state index in [9.17, 15) is 19.8 Å². The van der Waals surface area contributed by atoms with Crippen LogP contribution in [0.3, 0.4) is 0 Å². The first kappa shape index (κ1) is 37.4. The molecule has 0 unspecified atom stereocenters. The van der Waals surface area contributed by atoms with E-state index in [1.54, 1.807) is 49.1 Å². The first-order chi connectivity index (χ1) is 20.5. The van der Waals surface area contributed by atoms with Crippen molar-refractivity contribution in [1.29, 1.82) is 0 Å². The quantitative estimate of drug-likeness (QED) is 0.272. The number of pyridine rings is 4. The van der Waals surface area contributed by atoms with Crippen LogP contribution in [0.15, 0.2) is 146 Å². The Bertz CT molecular complexity index is 1520. The Balaban J connectivity index is 0.000000336. The average Bonchev–Trinajstić information content (AvgIpc) is 3.07. The van der Waals surface area contributed by atoms with Gasteiger partial charge in [0.2, 0.25) is 0 Å².